The van der Waals surface area contributed by atoms with Crippen LogP contribution in [0.4, 0.5) is 0 Å². The van der Waals surface area contributed by atoms with Crippen molar-refractivity contribution in [2.75, 3.05) is 12.9 Å². The van der Waals surface area contributed by atoms with E-state index < -0.39 is 12.0 Å². The lowest BCUT2D eigenvalue weighted by molar-refractivity contribution is -0.141. The normalized spacial score (nSPS) is 21.5. The summed E-state index contributed by atoms with van der Waals surface area (Å²) in [6.07, 6.45) is 0.734. The van der Waals surface area contributed by atoms with Crippen LogP contribution in [-0.4, -0.2) is 46.2 Å². The maximum Gasteiger partial charge on any atom is 0.327 e. The minimum Gasteiger partial charge on any atom is -0.480 e. The zero-order valence-electron chi connectivity index (χ0n) is 12.1. The zero-order chi connectivity index (χ0) is 15.4. The monoisotopic (exact) mass is 309 g/mol. The van der Waals surface area contributed by atoms with Crippen molar-refractivity contribution in [1.29, 1.82) is 0 Å². The third kappa shape index (κ3) is 3.39. The van der Waals surface area contributed by atoms with Crippen LogP contribution in [0.5, 0.6) is 0 Å². The number of ether oxygens (including phenoxy) is 1. The second-order valence-corrected chi connectivity index (χ2v) is 6.11. The molecule has 1 aliphatic heterocycles. The van der Waals surface area contributed by atoms with Gasteiger partial charge in [-0.1, -0.05) is 19.1 Å². The summed E-state index contributed by atoms with van der Waals surface area (Å²) < 4.78 is 5.07. The minimum absolute atomic E-state index is 0.0790. The molecule has 2 rings (SSSR count). The first-order valence-corrected chi connectivity index (χ1v) is 7.88. The molecule has 1 N–H and O–H groups in total. The van der Waals surface area contributed by atoms with Gasteiger partial charge in [-0.3, -0.25) is 4.79 Å². The Labute approximate surface area is 128 Å². The molecule has 0 aromatic heterocycles. The molecule has 1 saturated heterocycles. The van der Waals surface area contributed by atoms with Crippen LogP contribution < -0.4 is 0 Å². The van der Waals surface area contributed by atoms with Crippen molar-refractivity contribution in [3.8, 4) is 0 Å². The first kappa shape index (κ1) is 15.9. The van der Waals surface area contributed by atoms with Crippen molar-refractivity contribution in [2.45, 2.75) is 31.4 Å². The van der Waals surface area contributed by atoms with E-state index in [1.54, 1.807) is 25.3 Å². The molecule has 0 aliphatic carbocycles. The molecule has 2 atom stereocenters. The molecule has 0 spiro atoms. The van der Waals surface area contributed by atoms with Crippen LogP contribution >= 0.6 is 11.8 Å². The number of carbonyl (C=O) groups is 2. The van der Waals surface area contributed by atoms with Gasteiger partial charge in [0.15, 0.2) is 0 Å². The third-order valence-electron chi connectivity index (χ3n) is 3.45. The molecule has 1 aromatic rings. The lowest BCUT2D eigenvalue weighted by atomic mass is 10.1. The van der Waals surface area contributed by atoms with Gasteiger partial charge in [0.2, 0.25) is 0 Å². The Morgan fingerprint density at radius 3 is 2.86 bits per heavy atom. The predicted molar refractivity (Wildman–Crippen MR) is 81.3 cm³/mol. The standard InChI is InChI=1S/C15H19NO4S/c1-3-13-16(12(9-21-13)15(18)19)14(17)11-6-4-5-10(7-11)8-20-2/h4-7,12-13H,3,8-9H2,1-2H3,(H,18,19). The number of carboxylic acids is 1. The van der Waals surface area contributed by atoms with E-state index in [0.717, 1.165) is 12.0 Å². The molecule has 1 fully saturated rings. The average molecular weight is 309 g/mol. The number of amides is 1. The van der Waals surface area contributed by atoms with E-state index in [0.29, 0.717) is 17.9 Å². The Bertz CT molecular complexity index is 534. The molecule has 21 heavy (non-hydrogen) atoms. The highest BCUT2D eigenvalue weighted by molar-refractivity contribution is 8.00. The maximum absolute atomic E-state index is 12.7. The van der Waals surface area contributed by atoms with Gasteiger partial charge in [-0.2, -0.15) is 0 Å². The SMILES string of the molecule is CCC1SCC(C(=O)O)N1C(=O)c1cccc(COC)c1. The number of nitrogens with zero attached hydrogens (tertiary/aromatic N) is 1. The number of rotatable bonds is 5. The smallest absolute Gasteiger partial charge is 0.327 e. The lowest BCUT2D eigenvalue weighted by Gasteiger charge is -2.26. The molecule has 0 radical (unpaired) electrons. The first-order valence-electron chi connectivity index (χ1n) is 6.83. The molecular weight excluding hydrogens is 290 g/mol. The van der Waals surface area contributed by atoms with Gasteiger partial charge < -0.3 is 14.7 Å². The van der Waals surface area contributed by atoms with Crippen molar-refractivity contribution in [3.63, 3.8) is 0 Å². The zero-order valence-corrected chi connectivity index (χ0v) is 12.9. The lowest BCUT2D eigenvalue weighted by Crippen LogP contribution is -2.45. The Kier molecular flexibility index (Phi) is 5.25. The van der Waals surface area contributed by atoms with Crippen molar-refractivity contribution < 1.29 is 19.4 Å². The molecule has 1 amide bonds. The van der Waals surface area contributed by atoms with Gasteiger partial charge in [-0.05, 0) is 24.1 Å². The number of carboxylic acid groups (broad SMARTS) is 1. The van der Waals surface area contributed by atoms with Gasteiger partial charge >= 0.3 is 5.97 Å². The highest BCUT2D eigenvalue weighted by Crippen LogP contribution is 2.32. The summed E-state index contributed by atoms with van der Waals surface area (Å²) in [5, 5.41) is 9.23. The van der Waals surface area contributed by atoms with Gasteiger partial charge in [-0.15, -0.1) is 11.8 Å². The van der Waals surface area contributed by atoms with E-state index in [-0.39, 0.29) is 11.3 Å². The number of carbonyl (C=O) groups excluding carboxylic acids is 1. The largest absolute Gasteiger partial charge is 0.480 e. The van der Waals surface area contributed by atoms with E-state index in [4.69, 9.17) is 4.74 Å². The first-order chi connectivity index (χ1) is 10.1. The highest BCUT2D eigenvalue weighted by Gasteiger charge is 2.41. The van der Waals surface area contributed by atoms with Gasteiger partial charge in [0, 0.05) is 18.4 Å². The van der Waals surface area contributed by atoms with E-state index in [1.165, 1.54) is 16.7 Å². The summed E-state index contributed by atoms with van der Waals surface area (Å²) >= 11 is 1.52. The fourth-order valence-corrected chi connectivity index (χ4v) is 3.80. The Balaban J connectivity index is 2.27. The molecule has 5 nitrogen and oxygen atoms in total. The average Bonchev–Trinajstić information content (AvgIpc) is 2.91. The molecule has 6 heteroatoms. The second kappa shape index (κ2) is 6.95. The Morgan fingerprint density at radius 2 is 2.24 bits per heavy atom. The molecular formula is C15H19NO4S. The fraction of sp³-hybridized carbons (Fsp3) is 0.467. The van der Waals surface area contributed by atoms with Gasteiger partial charge in [0.25, 0.3) is 5.91 Å². The van der Waals surface area contributed by atoms with Crippen molar-refractivity contribution in [2.24, 2.45) is 0 Å². The summed E-state index contributed by atoms with van der Waals surface area (Å²) in [5.74, 6) is -0.728. The number of methoxy groups -OCH3 is 1. The maximum atomic E-state index is 12.7. The van der Waals surface area contributed by atoms with E-state index in [2.05, 4.69) is 0 Å². The second-order valence-electron chi connectivity index (χ2n) is 4.90. The molecule has 1 aliphatic rings. The van der Waals surface area contributed by atoms with Crippen LogP contribution in [0.2, 0.25) is 0 Å². The molecule has 1 heterocycles. The van der Waals surface area contributed by atoms with Gasteiger partial charge in [-0.25, -0.2) is 4.79 Å². The summed E-state index contributed by atoms with van der Waals surface area (Å²) in [6, 6.07) is 6.40. The summed E-state index contributed by atoms with van der Waals surface area (Å²) in [4.78, 5) is 25.5. The van der Waals surface area contributed by atoms with Crippen molar-refractivity contribution in [1.82, 2.24) is 4.90 Å². The number of hydrogen-bond acceptors (Lipinski definition) is 4. The van der Waals surface area contributed by atoms with Gasteiger partial charge in [0.1, 0.15) is 6.04 Å². The summed E-state index contributed by atoms with van der Waals surface area (Å²) in [7, 11) is 1.60. The Morgan fingerprint density at radius 1 is 1.48 bits per heavy atom. The summed E-state index contributed by atoms with van der Waals surface area (Å²) in [5.41, 5.74) is 1.41. The number of benzene rings is 1. The summed E-state index contributed by atoms with van der Waals surface area (Å²) in [6.45, 7) is 2.39. The van der Waals surface area contributed by atoms with Crippen molar-refractivity contribution >= 4 is 23.6 Å². The van der Waals surface area contributed by atoms with Crippen molar-refractivity contribution in [3.05, 3.63) is 35.4 Å². The molecule has 0 saturated carbocycles. The minimum atomic E-state index is -0.945. The molecule has 2 unspecified atom stereocenters. The molecule has 1 aromatic carbocycles. The van der Waals surface area contributed by atoms with Crippen LogP contribution in [-0.2, 0) is 16.1 Å². The highest BCUT2D eigenvalue weighted by atomic mass is 32.2. The van der Waals surface area contributed by atoms with Gasteiger partial charge in [0.05, 0.1) is 12.0 Å². The van der Waals surface area contributed by atoms with Crippen LogP contribution in [0.1, 0.15) is 29.3 Å². The van der Waals surface area contributed by atoms with E-state index in [9.17, 15) is 14.7 Å². The van der Waals surface area contributed by atoms with Crippen LogP contribution in [0.25, 0.3) is 0 Å². The van der Waals surface area contributed by atoms with E-state index in [1.807, 2.05) is 13.0 Å². The number of thioether (sulfide) groups is 1. The fourth-order valence-electron chi connectivity index (χ4n) is 2.45. The van der Waals surface area contributed by atoms with Crippen LogP contribution in [0.3, 0.4) is 0 Å². The van der Waals surface area contributed by atoms with Crippen LogP contribution in [0, 0.1) is 0 Å². The van der Waals surface area contributed by atoms with Crippen LogP contribution in [0.15, 0.2) is 24.3 Å². The topological polar surface area (TPSA) is 66.8 Å². The third-order valence-corrected chi connectivity index (χ3v) is 4.90. The number of hydrogen-bond donors (Lipinski definition) is 1. The molecule has 114 valence electrons. The predicted octanol–water partition coefficient (Wildman–Crippen LogP) is 2.21. The quantitative estimate of drug-likeness (QED) is 0.903. The molecule has 0 bridgehead atoms. The number of aliphatic carboxylic acids is 1. The van der Waals surface area contributed by atoms with E-state index >= 15 is 0 Å². The Hall–Kier alpha value is -1.53.